The summed E-state index contributed by atoms with van der Waals surface area (Å²) in [7, 11) is 0. The largest absolute Gasteiger partial charge is 0.462 e. The van der Waals surface area contributed by atoms with Crippen LogP contribution in [-0.4, -0.2) is 32.1 Å². The van der Waals surface area contributed by atoms with E-state index in [0.29, 0.717) is 5.56 Å². The first-order chi connectivity index (χ1) is 12.2. The number of hydrogen-bond donors (Lipinski definition) is 2. The molecule has 1 aliphatic rings. The molecule has 1 aromatic heterocycles. The summed E-state index contributed by atoms with van der Waals surface area (Å²) < 4.78 is 5.69. The molecule has 2 N–H and O–H groups in total. The molecule has 2 heterocycles. The molecule has 2 aromatic carbocycles. The number of benzene rings is 2. The van der Waals surface area contributed by atoms with Crippen LogP contribution >= 0.6 is 0 Å². The van der Waals surface area contributed by atoms with Crippen LogP contribution in [0.5, 0.6) is 0 Å². The smallest absolute Gasteiger partial charge is 0.255 e. The zero-order valence-electron chi connectivity index (χ0n) is 14.2. The summed E-state index contributed by atoms with van der Waals surface area (Å²) in [5.41, 5.74) is 4.42. The van der Waals surface area contributed by atoms with Gasteiger partial charge in [0.25, 0.3) is 5.91 Å². The van der Waals surface area contributed by atoms with Crippen LogP contribution in [0.4, 0.5) is 11.4 Å². The molecule has 5 nitrogen and oxygen atoms in total. The van der Waals surface area contributed by atoms with Crippen molar-refractivity contribution in [1.82, 2.24) is 5.32 Å². The number of rotatable bonds is 3. The second-order valence-electron chi connectivity index (χ2n) is 6.39. The van der Waals surface area contributed by atoms with Gasteiger partial charge in [-0.05, 0) is 37.3 Å². The molecule has 4 rings (SSSR count). The van der Waals surface area contributed by atoms with Crippen molar-refractivity contribution in [3.63, 3.8) is 0 Å². The van der Waals surface area contributed by atoms with Gasteiger partial charge in [0.1, 0.15) is 0 Å². The molecule has 1 amide bonds. The van der Waals surface area contributed by atoms with Crippen LogP contribution in [0.25, 0.3) is 11.0 Å². The highest BCUT2D eigenvalue weighted by molar-refractivity contribution is 6.06. The first kappa shape index (κ1) is 15.7. The van der Waals surface area contributed by atoms with Gasteiger partial charge < -0.3 is 20.0 Å². The van der Waals surface area contributed by atoms with E-state index in [1.165, 1.54) is 0 Å². The van der Waals surface area contributed by atoms with Crippen LogP contribution in [0.15, 0.2) is 53.1 Å². The van der Waals surface area contributed by atoms with Crippen molar-refractivity contribution in [2.75, 3.05) is 36.4 Å². The number of carbonyl (C=O) groups is 1. The lowest BCUT2D eigenvalue weighted by Gasteiger charge is -2.29. The highest BCUT2D eigenvalue weighted by Crippen LogP contribution is 2.32. The predicted molar refractivity (Wildman–Crippen MR) is 100 cm³/mol. The van der Waals surface area contributed by atoms with Crippen molar-refractivity contribution in [2.45, 2.75) is 6.92 Å². The summed E-state index contributed by atoms with van der Waals surface area (Å²) in [4.78, 5) is 14.9. The molecule has 0 aliphatic carbocycles. The minimum Gasteiger partial charge on any atom is -0.462 e. The molecule has 3 aromatic rings. The van der Waals surface area contributed by atoms with Gasteiger partial charge in [-0.3, -0.25) is 4.79 Å². The normalized spacial score (nSPS) is 14.7. The maximum absolute atomic E-state index is 12.6. The van der Waals surface area contributed by atoms with Gasteiger partial charge in [-0.2, -0.15) is 0 Å². The van der Waals surface area contributed by atoms with E-state index in [1.54, 1.807) is 6.26 Å². The molecule has 1 fully saturated rings. The van der Waals surface area contributed by atoms with Gasteiger partial charge in [0.2, 0.25) is 0 Å². The number of amides is 1. The summed E-state index contributed by atoms with van der Waals surface area (Å²) in [6.07, 6.45) is 1.70. The third kappa shape index (κ3) is 3.23. The van der Waals surface area contributed by atoms with Crippen LogP contribution in [0, 0.1) is 6.92 Å². The Kier molecular flexibility index (Phi) is 4.15. The Morgan fingerprint density at radius 2 is 2.00 bits per heavy atom. The molecule has 0 radical (unpaired) electrons. The topological polar surface area (TPSA) is 57.5 Å². The average Bonchev–Trinajstić information content (AvgIpc) is 3.10. The first-order valence-corrected chi connectivity index (χ1v) is 8.56. The summed E-state index contributed by atoms with van der Waals surface area (Å²) in [5.74, 6) is -0.0993. The molecule has 0 unspecified atom stereocenters. The van der Waals surface area contributed by atoms with E-state index in [-0.39, 0.29) is 5.91 Å². The van der Waals surface area contributed by atoms with Crippen molar-refractivity contribution >= 4 is 28.3 Å². The molecule has 0 bridgehead atoms. The van der Waals surface area contributed by atoms with Crippen LogP contribution in [0.1, 0.15) is 15.9 Å². The maximum Gasteiger partial charge on any atom is 0.255 e. The SMILES string of the molecule is Cc1cccc(C(=O)Nc2cc(N3CCNCC3)c3occc3c2)c1. The molecule has 0 atom stereocenters. The Labute approximate surface area is 146 Å². The monoisotopic (exact) mass is 335 g/mol. The molecule has 1 saturated heterocycles. The third-order valence-electron chi connectivity index (χ3n) is 4.53. The van der Waals surface area contributed by atoms with Crippen LogP contribution in [-0.2, 0) is 0 Å². The van der Waals surface area contributed by atoms with Gasteiger partial charge in [0.05, 0.1) is 12.0 Å². The predicted octanol–water partition coefficient (Wildman–Crippen LogP) is 3.40. The van der Waals surface area contributed by atoms with Gasteiger partial charge in [0.15, 0.2) is 5.58 Å². The molecular weight excluding hydrogens is 314 g/mol. The van der Waals surface area contributed by atoms with Gasteiger partial charge in [-0.15, -0.1) is 0 Å². The number of nitrogens with one attached hydrogen (secondary N) is 2. The Balaban J connectivity index is 1.66. The minimum atomic E-state index is -0.0993. The van der Waals surface area contributed by atoms with Crippen LogP contribution in [0.3, 0.4) is 0 Å². The zero-order chi connectivity index (χ0) is 17.2. The van der Waals surface area contributed by atoms with E-state index in [2.05, 4.69) is 15.5 Å². The molecule has 5 heteroatoms. The molecule has 0 saturated carbocycles. The van der Waals surface area contributed by atoms with E-state index in [9.17, 15) is 4.79 Å². The fourth-order valence-corrected chi connectivity index (χ4v) is 3.27. The fraction of sp³-hybridized carbons (Fsp3) is 0.250. The first-order valence-electron chi connectivity index (χ1n) is 8.56. The highest BCUT2D eigenvalue weighted by Gasteiger charge is 2.17. The molecule has 1 aliphatic heterocycles. The van der Waals surface area contributed by atoms with Crippen molar-refractivity contribution < 1.29 is 9.21 Å². The van der Waals surface area contributed by atoms with E-state index in [0.717, 1.165) is 54.1 Å². The standard InChI is InChI=1S/C20H21N3O2/c1-14-3-2-4-16(11-14)20(24)22-17-12-15-5-10-25-19(15)18(13-17)23-8-6-21-7-9-23/h2-5,10-13,21H,6-9H2,1H3,(H,22,24). The number of furan rings is 1. The summed E-state index contributed by atoms with van der Waals surface area (Å²) in [5, 5.41) is 7.38. The van der Waals surface area contributed by atoms with Gasteiger partial charge in [0, 0.05) is 42.8 Å². The number of fused-ring (bicyclic) bond motifs is 1. The molecule has 128 valence electrons. The summed E-state index contributed by atoms with van der Waals surface area (Å²) >= 11 is 0. The second-order valence-corrected chi connectivity index (χ2v) is 6.39. The Bertz CT molecular complexity index is 910. The minimum absolute atomic E-state index is 0.0993. The van der Waals surface area contributed by atoms with Gasteiger partial charge >= 0.3 is 0 Å². The number of carbonyl (C=O) groups excluding carboxylic acids is 1. The number of piperazine rings is 1. The van der Waals surface area contributed by atoms with Crippen LogP contribution < -0.4 is 15.5 Å². The molecule has 25 heavy (non-hydrogen) atoms. The average molecular weight is 335 g/mol. The third-order valence-corrected chi connectivity index (χ3v) is 4.53. The second kappa shape index (κ2) is 6.61. The van der Waals surface area contributed by atoms with E-state index < -0.39 is 0 Å². The quantitative estimate of drug-likeness (QED) is 0.770. The van der Waals surface area contributed by atoms with E-state index in [4.69, 9.17) is 4.42 Å². The van der Waals surface area contributed by atoms with Crippen LogP contribution in [0.2, 0.25) is 0 Å². The molecule has 0 spiro atoms. The lowest BCUT2D eigenvalue weighted by atomic mass is 10.1. The number of nitrogens with zero attached hydrogens (tertiary/aromatic N) is 1. The Morgan fingerprint density at radius 3 is 2.80 bits per heavy atom. The number of hydrogen-bond acceptors (Lipinski definition) is 4. The number of anilines is 2. The van der Waals surface area contributed by atoms with Crippen molar-refractivity contribution in [3.8, 4) is 0 Å². The highest BCUT2D eigenvalue weighted by atomic mass is 16.3. The number of aryl methyl sites for hydroxylation is 1. The summed E-state index contributed by atoms with van der Waals surface area (Å²) in [6.45, 7) is 5.72. The van der Waals surface area contributed by atoms with Gasteiger partial charge in [-0.25, -0.2) is 0 Å². The maximum atomic E-state index is 12.6. The van der Waals surface area contributed by atoms with Gasteiger partial charge in [-0.1, -0.05) is 17.7 Å². The van der Waals surface area contributed by atoms with Crippen molar-refractivity contribution in [1.29, 1.82) is 0 Å². The summed E-state index contributed by atoms with van der Waals surface area (Å²) in [6, 6.07) is 13.5. The Hall–Kier alpha value is -2.79. The van der Waals surface area contributed by atoms with E-state index >= 15 is 0 Å². The van der Waals surface area contributed by atoms with Crippen molar-refractivity contribution in [3.05, 3.63) is 59.9 Å². The zero-order valence-corrected chi connectivity index (χ0v) is 14.2. The lowest BCUT2D eigenvalue weighted by Crippen LogP contribution is -2.43. The Morgan fingerprint density at radius 1 is 1.16 bits per heavy atom. The van der Waals surface area contributed by atoms with Crippen molar-refractivity contribution in [2.24, 2.45) is 0 Å². The lowest BCUT2D eigenvalue weighted by molar-refractivity contribution is 0.102. The molecular formula is C20H21N3O2. The van der Waals surface area contributed by atoms with E-state index in [1.807, 2.05) is 49.4 Å². The fourth-order valence-electron chi connectivity index (χ4n) is 3.27.